The monoisotopic (exact) mass is 860 g/mol. The van der Waals surface area contributed by atoms with E-state index in [0.29, 0.717) is 18.0 Å². The number of methoxy groups -OCH3 is 5. The first kappa shape index (κ1) is 45.4. The molecule has 0 aliphatic heterocycles. The number of H-pyrrole nitrogens is 1. The Balaban J connectivity index is 0.000000232. The summed E-state index contributed by atoms with van der Waals surface area (Å²) in [5.74, 6) is 2.86. The normalized spacial score (nSPS) is 11.9. The van der Waals surface area contributed by atoms with Crippen LogP contribution >= 0.6 is 0 Å². The van der Waals surface area contributed by atoms with E-state index in [1.807, 2.05) is 111 Å². The van der Waals surface area contributed by atoms with Gasteiger partial charge in [0.25, 0.3) is 20.0 Å². The highest BCUT2D eigenvalue weighted by Gasteiger charge is 2.29. The van der Waals surface area contributed by atoms with E-state index in [1.54, 1.807) is 46.4 Å². The van der Waals surface area contributed by atoms with Crippen LogP contribution in [0.4, 0.5) is 0 Å². The fraction of sp³-hybridized carbons (Fsp3) is 0.302. The topological polar surface area (TPSA) is 167 Å². The van der Waals surface area contributed by atoms with E-state index in [9.17, 15) is 16.8 Å². The van der Waals surface area contributed by atoms with Crippen LogP contribution in [0, 0.1) is 0 Å². The summed E-state index contributed by atoms with van der Waals surface area (Å²) >= 11 is 0. The van der Waals surface area contributed by atoms with Gasteiger partial charge in [-0.15, -0.1) is 0 Å². The third kappa shape index (κ3) is 12.2. The minimum Gasteiger partial charge on any atom is -0.497 e. The lowest BCUT2D eigenvalue weighted by molar-refractivity contribution is 0.00514. The van der Waals surface area contributed by atoms with Gasteiger partial charge >= 0.3 is 0 Å². The summed E-state index contributed by atoms with van der Waals surface area (Å²) < 4.78 is 83.9. The Kier molecular flexibility index (Phi) is 15.5. The van der Waals surface area contributed by atoms with Crippen molar-refractivity contribution in [1.82, 2.24) is 28.6 Å². The van der Waals surface area contributed by atoms with Crippen LogP contribution in [0.15, 0.2) is 132 Å². The lowest BCUT2D eigenvalue weighted by atomic mass is 10.1. The van der Waals surface area contributed by atoms with Crippen LogP contribution in [0.3, 0.4) is 0 Å². The minimum absolute atomic E-state index is 0.00331. The average Bonchev–Trinajstić information content (AvgIpc) is 3.99. The van der Waals surface area contributed by atoms with Crippen molar-refractivity contribution in [2.45, 2.75) is 62.2 Å². The highest BCUT2D eigenvalue weighted by atomic mass is 32.2. The van der Waals surface area contributed by atoms with E-state index in [4.69, 9.17) is 23.7 Å². The maximum atomic E-state index is 13.6. The predicted molar refractivity (Wildman–Crippen MR) is 227 cm³/mol. The van der Waals surface area contributed by atoms with Gasteiger partial charge in [0.2, 0.25) is 0 Å². The van der Waals surface area contributed by atoms with Crippen molar-refractivity contribution in [2.24, 2.45) is 0 Å². The quantitative estimate of drug-likeness (QED) is 0.0940. The van der Waals surface area contributed by atoms with Crippen molar-refractivity contribution in [1.29, 1.82) is 0 Å². The van der Waals surface area contributed by atoms with E-state index in [2.05, 4.69) is 15.3 Å². The molecule has 15 nitrogen and oxygen atoms in total. The number of nitrogens with zero attached hydrogens (tertiary/aromatic N) is 5. The number of benzene rings is 4. The SMILES string of the molecule is COc1ccc(CN(Cc2ccc(OC)cc2)S(=O)(=O)c2ccn(CC(C)(C)OC)n2)cc1.COc1ccc(CN(Cc2ccc(OC)cc2)S(=O)(=O)c2ccn[nH]2)cc1. The Morgan fingerprint density at radius 3 is 1.23 bits per heavy atom. The number of aromatic nitrogens is 4. The van der Waals surface area contributed by atoms with Gasteiger partial charge in [0.1, 0.15) is 23.0 Å². The van der Waals surface area contributed by atoms with Crippen LogP contribution in [0.25, 0.3) is 0 Å². The van der Waals surface area contributed by atoms with E-state index >= 15 is 0 Å². The molecule has 0 unspecified atom stereocenters. The Hall–Kier alpha value is -5.72. The number of ether oxygens (including phenoxy) is 5. The first-order valence-electron chi connectivity index (χ1n) is 18.8. The number of hydrogen-bond donors (Lipinski definition) is 1. The fourth-order valence-electron chi connectivity index (χ4n) is 5.87. The number of aromatic amines is 1. The molecule has 0 amide bonds. The van der Waals surface area contributed by atoms with Crippen LogP contribution in [0.1, 0.15) is 36.1 Å². The highest BCUT2D eigenvalue weighted by molar-refractivity contribution is 7.89. The largest absolute Gasteiger partial charge is 0.497 e. The molecule has 0 saturated carbocycles. The van der Waals surface area contributed by atoms with Crippen molar-refractivity contribution in [3.63, 3.8) is 0 Å². The second-order valence-electron chi connectivity index (χ2n) is 14.2. The zero-order valence-electron chi connectivity index (χ0n) is 34.8. The fourth-order valence-corrected chi connectivity index (χ4v) is 8.53. The van der Waals surface area contributed by atoms with Gasteiger partial charge < -0.3 is 23.7 Å². The molecule has 0 aliphatic carbocycles. The molecular weight excluding hydrogens is 809 g/mol. The zero-order chi connectivity index (χ0) is 43.3. The molecule has 2 heterocycles. The van der Waals surface area contributed by atoms with Crippen molar-refractivity contribution >= 4 is 20.0 Å². The lowest BCUT2D eigenvalue weighted by Gasteiger charge is -2.23. The molecule has 0 aliphatic rings. The smallest absolute Gasteiger partial charge is 0.262 e. The average molecular weight is 861 g/mol. The predicted octanol–water partition coefficient (Wildman–Crippen LogP) is 6.53. The van der Waals surface area contributed by atoms with Gasteiger partial charge in [0, 0.05) is 39.5 Å². The molecule has 320 valence electrons. The van der Waals surface area contributed by atoms with Gasteiger partial charge in [-0.2, -0.15) is 18.8 Å². The van der Waals surface area contributed by atoms with Crippen molar-refractivity contribution in [3.8, 4) is 23.0 Å². The molecule has 0 fully saturated rings. The summed E-state index contributed by atoms with van der Waals surface area (Å²) in [6, 6.07) is 32.3. The highest BCUT2D eigenvalue weighted by Crippen LogP contribution is 2.25. The molecular formula is C43H52N6O9S2. The molecule has 60 heavy (non-hydrogen) atoms. The number of rotatable bonds is 19. The maximum Gasteiger partial charge on any atom is 0.262 e. The second kappa shape index (κ2) is 20.5. The van der Waals surface area contributed by atoms with Crippen LogP contribution in [0.2, 0.25) is 0 Å². The molecule has 2 aromatic heterocycles. The van der Waals surface area contributed by atoms with Gasteiger partial charge in [-0.25, -0.2) is 16.8 Å². The summed E-state index contributed by atoms with van der Waals surface area (Å²) in [5, 5.41) is 10.7. The first-order valence-corrected chi connectivity index (χ1v) is 21.7. The Labute approximate surface area is 352 Å². The molecule has 0 atom stereocenters. The maximum absolute atomic E-state index is 13.6. The molecule has 17 heteroatoms. The van der Waals surface area contributed by atoms with Gasteiger partial charge in [-0.05, 0) is 96.8 Å². The molecule has 0 spiro atoms. The third-order valence-corrected chi connectivity index (χ3v) is 12.9. The summed E-state index contributed by atoms with van der Waals surface area (Å²) in [7, 11) is 0.382. The summed E-state index contributed by atoms with van der Waals surface area (Å²) in [5.41, 5.74) is 2.92. The molecule has 1 N–H and O–H groups in total. The molecule has 0 saturated heterocycles. The van der Waals surface area contributed by atoms with Gasteiger partial charge in [-0.3, -0.25) is 9.78 Å². The molecule has 6 rings (SSSR count). The van der Waals surface area contributed by atoms with Gasteiger partial charge in [0.05, 0.1) is 46.8 Å². The second-order valence-corrected chi connectivity index (χ2v) is 18.0. The first-order chi connectivity index (χ1) is 28.7. The summed E-state index contributed by atoms with van der Waals surface area (Å²) in [6.45, 7) is 5.08. The van der Waals surface area contributed by atoms with Crippen LogP contribution in [0.5, 0.6) is 23.0 Å². The van der Waals surface area contributed by atoms with E-state index in [1.165, 1.54) is 26.9 Å². The van der Waals surface area contributed by atoms with Crippen LogP contribution in [-0.2, 0) is 57.5 Å². The standard InChI is InChI=1S/C24H31N3O5S.C19H21N3O4S/c1-24(2,32-5)18-26-15-14-23(25-26)33(28,29)27(16-19-6-10-21(30-3)11-7-19)17-20-8-12-22(31-4)13-9-20;1-25-17-7-3-15(4-8-17)13-22(27(23,24)19-11-12-20-21-19)14-16-5-9-18(26-2)10-6-16/h6-15H,16-18H2,1-5H3;3-12H,13-14H2,1-2H3,(H,20,21). The number of hydrogen-bond acceptors (Lipinski definition) is 11. The van der Waals surface area contributed by atoms with Gasteiger partial charge in [-0.1, -0.05) is 48.5 Å². The Morgan fingerprint density at radius 2 is 0.917 bits per heavy atom. The molecule has 0 radical (unpaired) electrons. The summed E-state index contributed by atoms with van der Waals surface area (Å²) in [4.78, 5) is 0. The van der Waals surface area contributed by atoms with E-state index < -0.39 is 25.6 Å². The van der Waals surface area contributed by atoms with Crippen molar-refractivity contribution < 1.29 is 40.5 Å². The third-order valence-electron chi connectivity index (χ3n) is 9.48. The van der Waals surface area contributed by atoms with Crippen LogP contribution in [-0.4, -0.2) is 86.6 Å². The lowest BCUT2D eigenvalue weighted by Crippen LogP contribution is -2.31. The molecule has 4 aromatic carbocycles. The number of nitrogens with one attached hydrogen (secondary N) is 1. The van der Waals surface area contributed by atoms with Crippen molar-refractivity contribution in [2.75, 3.05) is 35.5 Å². The van der Waals surface area contributed by atoms with Crippen molar-refractivity contribution in [3.05, 3.63) is 144 Å². The Bertz CT molecular complexity index is 2340. The van der Waals surface area contributed by atoms with Crippen LogP contribution < -0.4 is 18.9 Å². The van der Waals surface area contributed by atoms with E-state index in [-0.39, 0.29) is 36.2 Å². The molecule has 6 aromatic rings. The minimum atomic E-state index is -3.87. The van der Waals surface area contributed by atoms with Gasteiger partial charge in [0.15, 0.2) is 10.1 Å². The Morgan fingerprint density at radius 1 is 0.550 bits per heavy atom. The zero-order valence-corrected chi connectivity index (χ0v) is 36.4. The van der Waals surface area contributed by atoms with E-state index in [0.717, 1.165) is 33.8 Å². The summed E-state index contributed by atoms with van der Waals surface area (Å²) in [6.07, 6.45) is 3.08. The molecule has 0 bridgehead atoms. The number of sulfonamides is 2.